The van der Waals surface area contributed by atoms with Crippen LogP contribution in [0.2, 0.25) is 0 Å². The third-order valence-electron chi connectivity index (χ3n) is 4.14. The van der Waals surface area contributed by atoms with Gasteiger partial charge in [0.05, 0.1) is 5.60 Å². The van der Waals surface area contributed by atoms with Crippen molar-refractivity contribution in [3.63, 3.8) is 0 Å². The first-order valence-electron chi connectivity index (χ1n) is 6.56. The standard InChI is InChI=1S/C13H28N2O/c1-5-13(6-2,9-14-4)11-15-8-7-12(3,16)10-15/h14,16H,5-11H2,1-4H3. The van der Waals surface area contributed by atoms with E-state index in [0.29, 0.717) is 5.41 Å². The van der Waals surface area contributed by atoms with E-state index in [2.05, 4.69) is 24.1 Å². The highest BCUT2D eigenvalue weighted by atomic mass is 16.3. The van der Waals surface area contributed by atoms with Crippen molar-refractivity contribution >= 4 is 0 Å². The maximum atomic E-state index is 9.98. The summed E-state index contributed by atoms with van der Waals surface area (Å²) < 4.78 is 0. The van der Waals surface area contributed by atoms with Crippen molar-refractivity contribution in [3.05, 3.63) is 0 Å². The molecule has 1 heterocycles. The van der Waals surface area contributed by atoms with Crippen LogP contribution in [-0.4, -0.2) is 48.8 Å². The van der Waals surface area contributed by atoms with Gasteiger partial charge in [0.2, 0.25) is 0 Å². The fourth-order valence-electron chi connectivity index (χ4n) is 2.80. The van der Waals surface area contributed by atoms with Gasteiger partial charge in [-0.2, -0.15) is 0 Å². The van der Waals surface area contributed by atoms with Crippen LogP contribution in [0.25, 0.3) is 0 Å². The molecule has 0 aromatic heterocycles. The van der Waals surface area contributed by atoms with Gasteiger partial charge < -0.3 is 10.4 Å². The molecule has 1 rings (SSSR count). The van der Waals surface area contributed by atoms with Gasteiger partial charge in [0.1, 0.15) is 0 Å². The third-order valence-corrected chi connectivity index (χ3v) is 4.14. The summed E-state index contributed by atoms with van der Waals surface area (Å²) in [6, 6.07) is 0. The normalized spacial score (nSPS) is 27.6. The number of hydrogen-bond donors (Lipinski definition) is 2. The van der Waals surface area contributed by atoms with E-state index in [-0.39, 0.29) is 0 Å². The van der Waals surface area contributed by atoms with Gasteiger partial charge in [0.15, 0.2) is 0 Å². The number of rotatable bonds is 6. The van der Waals surface area contributed by atoms with Crippen LogP contribution in [0.5, 0.6) is 0 Å². The Kier molecular flexibility index (Phi) is 4.77. The summed E-state index contributed by atoms with van der Waals surface area (Å²) in [5.74, 6) is 0. The molecule has 0 saturated carbocycles. The number of aliphatic hydroxyl groups is 1. The molecule has 0 spiro atoms. The molecule has 0 aromatic rings. The Bertz CT molecular complexity index is 212. The average molecular weight is 228 g/mol. The third kappa shape index (κ3) is 3.44. The molecule has 0 aliphatic carbocycles. The molecular weight excluding hydrogens is 200 g/mol. The zero-order valence-corrected chi connectivity index (χ0v) is 11.3. The minimum absolute atomic E-state index is 0.370. The monoisotopic (exact) mass is 228 g/mol. The predicted molar refractivity (Wildman–Crippen MR) is 68.6 cm³/mol. The number of hydrogen-bond acceptors (Lipinski definition) is 3. The Morgan fingerprint density at radius 2 is 2.00 bits per heavy atom. The lowest BCUT2D eigenvalue weighted by Gasteiger charge is -2.36. The van der Waals surface area contributed by atoms with Gasteiger partial charge in [-0.1, -0.05) is 13.8 Å². The molecule has 0 amide bonds. The molecule has 1 atom stereocenters. The number of nitrogens with one attached hydrogen (secondary N) is 1. The summed E-state index contributed by atoms with van der Waals surface area (Å²) in [6.45, 7) is 10.5. The van der Waals surface area contributed by atoms with Gasteiger partial charge in [0.25, 0.3) is 0 Å². The van der Waals surface area contributed by atoms with Crippen molar-refractivity contribution in [1.82, 2.24) is 10.2 Å². The fraction of sp³-hybridized carbons (Fsp3) is 1.00. The Labute approximate surface area is 100 Å². The second kappa shape index (κ2) is 5.48. The molecule has 1 aliphatic heterocycles. The van der Waals surface area contributed by atoms with E-state index in [1.54, 1.807) is 0 Å². The zero-order chi connectivity index (χ0) is 12.2. The van der Waals surface area contributed by atoms with Crippen LogP contribution in [0.4, 0.5) is 0 Å². The fourth-order valence-corrected chi connectivity index (χ4v) is 2.80. The Balaban J connectivity index is 2.55. The van der Waals surface area contributed by atoms with E-state index in [0.717, 1.165) is 32.6 Å². The van der Waals surface area contributed by atoms with Crippen LogP contribution in [0.15, 0.2) is 0 Å². The molecule has 16 heavy (non-hydrogen) atoms. The lowest BCUT2D eigenvalue weighted by atomic mass is 9.81. The van der Waals surface area contributed by atoms with Crippen LogP contribution < -0.4 is 5.32 Å². The molecule has 0 aromatic carbocycles. The highest BCUT2D eigenvalue weighted by molar-refractivity contribution is 4.90. The topological polar surface area (TPSA) is 35.5 Å². The molecular formula is C13H28N2O. The SMILES string of the molecule is CCC(CC)(CNC)CN1CCC(C)(O)C1. The lowest BCUT2D eigenvalue weighted by molar-refractivity contribution is 0.0593. The zero-order valence-electron chi connectivity index (χ0n) is 11.3. The summed E-state index contributed by atoms with van der Waals surface area (Å²) in [6.07, 6.45) is 3.31. The molecule has 1 aliphatic rings. The van der Waals surface area contributed by atoms with Crippen LogP contribution in [0, 0.1) is 5.41 Å². The van der Waals surface area contributed by atoms with Crippen LogP contribution in [-0.2, 0) is 0 Å². The molecule has 2 N–H and O–H groups in total. The first-order chi connectivity index (χ1) is 7.47. The van der Waals surface area contributed by atoms with E-state index in [1.165, 1.54) is 12.8 Å². The van der Waals surface area contributed by atoms with Crippen molar-refractivity contribution < 1.29 is 5.11 Å². The van der Waals surface area contributed by atoms with Crippen LogP contribution in [0.3, 0.4) is 0 Å². The minimum atomic E-state index is -0.465. The summed E-state index contributed by atoms with van der Waals surface area (Å²) in [4.78, 5) is 2.42. The smallest absolute Gasteiger partial charge is 0.0758 e. The summed E-state index contributed by atoms with van der Waals surface area (Å²) >= 11 is 0. The molecule has 1 unspecified atom stereocenters. The molecule has 3 nitrogen and oxygen atoms in total. The van der Waals surface area contributed by atoms with Crippen molar-refractivity contribution in [2.45, 2.75) is 45.6 Å². The Hall–Kier alpha value is -0.120. The molecule has 0 radical (unpaired) electrons. The number of β-amino-alcohol motifs (C(OH)–C–C–N with tert-alkyl or cyclic N) is 1. The highest BCUT2D eigenvalue weighted by Crippen LogP contribution is 2.30. The number of likely N-dealkylation sites (tertiary alicyclic amines) is 1. The summed E-state index contributed by atoms with van der Waals surface area (Å²) in [7, 11) is 2.03. The Morgan fingerprint density at radius 3 is 2.38 bits per heavy atom. The van der Waals surface area contributed by atoms with Crippen LogP contribution >= 0.6 is 0 Å². The maximum Gasteiger partial charge on any atom is 0.0758 e. The van der Waals surface area contributed by atoms with Crippen molar-refractivity contribution in [2.24, 2.45) is 5.41 Å². The van der Waals surface area contributed by atoms with Gasteiger partial charge in [-0.15, -0.1) is 0 Å². The van der Waals surface area contributed by atoms with E-state index in [1.807, 2.05) is 14.0 Å². The quantitative estimate of drug-likeness (QED) is 0.722. The van der Waals surface area contributed by atoms with Gasteiger partial charge in [-0.25, -0.2) is 0 Å². The molecule has 96 valence electrons. The number of nitrogens with zero attached hydrogens (tertiary/aromatic N) is 1. The maximum absolute atomic E-state index is 9.98. The minimum Gasteiger partial charge on any atom is -0.389 e. The second-order valence-corrected chi connectivity index (χ2v) is 5.70. The molecule has 0 bridgehead atoms. The molecule has 1 fully saturated rings. The van der Waals surface area contributed by atoms with Crippen molar-refractivity contribution in [2.75, 3.05) is 33.2 Å². The predicted octanol–water partition coefficient (Wildman–Crippen LogP) is 1.47. The van der Waals surface area contributed by atoms with Crippen molar-refractivity contribution in [3.8, 4) is 0 Å². The van der Waals surface area contributed by atoms with Gasteiger partial charge >= 0.3 is 0 Å². The summed E-state index contributed by atoms with van der Waals surface area (Å²) in [5.41, 5.74) is -0.0952. The van der Waals surface area contributed by atoms with Gasteiger partial charge in [-0.05, 0) is 38.6 Å². The van der Waals surface area contributed by atoms with Gasteiger partial charge in [-0.3, -0.25) is 4.90 Å². The molecule has 1 saturated heterocycles. The van der Waals surface area contributed by atoms with E-state index >= 15 is 0 Å². The molecule has 3 heteroatoms. The van der Waals surface area contributed by atoms with Gasteiger partial charge in [0, 0.05) is 26.2 Å². The lowest BCUT2D eigenvalue weighted by Crippen LogP contribution is -2.43. The Morgan fingerprint density at radius 1 is 1.38 bits per heavy atom. The highest BCUT2D eigenvalue weighted by Gasteiger charge is 2.36. The van der Waals surface area contributed by atoms with E-state index in [4.69, 9.17) is 0 Å². The van der Waals surface area contributed by atoms with Crippen LogP contribution in [0.1, 0.15) is 40.0 Å². The summed E-state index contributed by atoms with van der Waals surface area (Å²) in [5, 5.41) is 13.3. The first-order valence-corrected chi connectivity index (χ1v) is 6.56. The largest absolute Gasteiger partial charge is 0.389 e. The second-order valence-electron chi connectivity index (χ2n) is 5.70. The van der Waals surface area contributed by atoms with Crippen molar-refractivity contribution in [1.29, 1.82) is 0 Å². The average Bonchev–Trinajstić information content (AvgIpc) is 2.57. The van der Waals surface area contributed by atoms with E-state index < -0.39 is 5.60 Å². The van der Waals surface area contributed by atoms with E-state index in [9.17, 15) is 5.11 Å². The first kappa shape index (κ1) is 13.9.